The Bertz CT molecular complexity index is 493. The van der Waals surface area contributed by atoms with E-state index >= 15 is 0 Å². The van der Waals surface area contributed by atoms with Crippen molar-refractivity contribution in [2.24, 2.45) is 5.41 Å². The number of aromatic carboxylic acids is 1. The van der Waals surface area contributed by atoms with Crippen LogP contribution >= 0.6 is 0 Å². The van der Waals surface area contributed by atoms with E-state index < -0.39 is 5.97 Å². The number of hydrogen-bond acceptors (Lipinski definition) is 2. The first-order valence-corrected chi connectivity index (χ1v) is 6.13. The summed E-state index contributed by atoms with van der Waals surface area (Å²) in [5.74, 6) is -0.753. The average Bonchev–Trinajstić information content (AvgIpc) is 3.17. The first-order valence-electron chi connectivity index (χ1n) is 6.13. The van der Waals surface area contributed by atoms with Crippen LogP contribution in [0.3, 0.4) is 0 Å². The molecular formula is C15H16O3. The smallest absolute Gasteiger partial charge is 0.335 e. The molecule has 94 valence electrons. The molecule has 1 fully saturated rings. The van der Waals surface area contributed by atoms with Gasteiger partial charge in [-0.3, -0.25) is 4.79 Å². The van der Waals surface area contributed by atoms with Crippen LogP contribution in [0, 0.1) is 5.41 Å². The van der Waals surface area contributed by atoms with Crippen LogP contribution in [0.1, 0.15) is 42.1 Å². The van der Waals surface area contributed by atoms with Gasteiger partial charge in [0.2, 0.25) is 0 Å². The van der Waals surface area contributed by atoms with Crippen molar-refractivity contribution in [3.05, 3.63) is 41.5 Å². The van der Waals surface area contributed by atoms with Gasteiger partial charge in [-0.15, -0.1) is 0 Å². The summed E-state index contributed by atoms with van der Waals surface area (Å²) in [6, 6.07) is 6.50. The van der Waals surface area contributed by atoms with E-state index in [4.69, 9.17) is 5.11 Å². The minimum Gasteiger partial charge on any atom is -0.478 e. The summed E-state index contributed by atoms with van der Waals surface area (Å²) in [5.41, 5.74) is 1.00. The molecule has 0 saturated heterocycles. The minimum absolute atomic E-state index is 0.0997. The maximum atomic E-state index is 11.9. The third-order valence-electron chi connectivity index (χ3n) is 3.64. The summed E-state index contributed by atoms with van der Waals surface area (Å²) in [7, 11) is 0. The van der Waals surface area contributed by atoms with Crippen molar-refractivity contribution in [3.63, 3.8) is 0 Å². The van der Waals surface area contributed by atoms with Gasteiger partial charge in [0.05, 0.1) is 5.56 Å². The number of rotatable bonds is 5. The fourth-order valence-corrected chi connectivity index (χ4v) is 2.01. The first-order chi connectivity index (χ1) is 8.57. The van der Waals surface area contributed by atoms with Crippen LogP contribution in [-0.2, 0) is 4.79 Å². The van der Waals surface area contributed by atoms with Gasteiger partial charge in [0.25, 0.3) is 0 Å². The predicted molar refractivity (Wildman–Crippen MR) is 69.4 cm³/mol. The lowest BCUT2D eigenvalue weighted by molar-refractivity contribution is -0.119. The molecule has 0 aliphatic heterocycles. The summed E-state index contributed by atoms with van der Waals surface area (Å²) >= 11 is 0. The largest absolute Gasteiger partial charge is 0.478 e. The fourth-order valence-electron chi connectivity index (χ4n) is 2.01. The SMILES string of the molecule is CCC1(C(=O)C=Cc2ccc(C(=O)O)cc2)CC1. The highest BCUT2D eigenvalue weighted by molar-refractivity contribution is 5.99. The van der Waals surface area contributed by atoms with Crippen LogP contribution in [0.5, 0.6) is 0 Å². The Hall–Kier alpha value is -1.90. The Balaban J connectivity index is 2.05. The molecule has 1 aliphatic rings. The second-order valence-corrected chi connectivity index (χ2v) is 4.76. The van der Waals surface area contributed by atoms with Crippen molar-refractivity contribution in [3.8, 4) is 0 Å². The van der Waals surface area contributed by atoms with Gasteiger partial charge in [-0.25, -0.2) is 4.79 Å². The predicted octanol–water partition coefficient (Wildman–Crippen LogP) is 3.16. The Morgan fingerprint density at radius 2 is 1.89 bits per heavy atom. The average molecular weight is 244 g/mol. The number of carbonyl (C=O) groups excluding carboxylic acids is 1. The zero-order chi connectivity index (χ0) is 13.2. The maximum Gasteiger partial charge on any atom is 0.335 e. The zero-order valence-electron chi connectivity index (χ0n) is 10.3. The molecule has 1 aliphatic carbocycles. The van der Waals surface area contributed by atoms with Crippen LogP contribution in [0.2, 0.25) is 0 Å². The number of carboxylic acid groups (broad SMARTS) is 1. The summed E-state index contributed by atoms with van der Waals surface area (Å²) in [4.78, 5) is 22.6. The van der Waals surface area contributed by atoms with Crippen molar-refractivity contribution < 1.29 is 14.7 Å². The number of carbonyl (C=O) groups is 2. The molecule has 1 aromatic carbocycles. The molecule has 0 bridgehead atoms. The molecule has 0 amide bonds. The van der Waals surface area contributed by atoms with Gasteiger partial charge in [0, 0.05) is 5.41 Å². The highest BCUT2D eigenvalue weighted by atomic mass is 16.4. The van der Waals surface area contributed by atoms with Crippen LogP contribution in [0.25, 0.3) is 6.08 Å². The Labute approximate surface area is 106 Å². The topological polar surface area (TPSA) is 54.4 Å². The lowest BCUT2D eigenvalue weighted by Gasteiger charge is -2.06. The number of hydrogen-bond donors (Lipinski definition) is 1. The first kappa shape index (κ1) is 12.6. The molecule has 3 nitrogen and oxygen atoms in total. The van der Waals surface area contributed by atoms with E-state index in [2.05, 4.69) is 0 Å². The highest BCUT2D eigenvalue weighted by Crippen LogP contribution is 2.49. The molecule has 18 heavy (non-hydrogen) atoms. The Kier molecular flexibility index (Phi) is 3.32. The monoisotopic (exact) mass is 244 g/mol. The van der Waals surface area contributed by atoms with Crippen LogP contribution < -0.4 is 0 Å². The summed E-state index contributed by atoms with van der Waals surface area (Å²) in [6.07, 6.45) is 6.25. The fraction of sp³-hybridized carbons (Fsp3) is 0.333. The van der Waals surface area contributed by atoms with Gasteiger partial charge in [0.15, 0.2) is 5.78 Å². The Morgan fingerprint density at radius 3 is 2.33 bits per heavy atom. The molecule has 0 radical (unpaired) electrons. The minimum atomic E-state index is -0.940. The molecule has 2 rings (SSSR count). The zero-order valence-corrected chi connectivity index (χ0v) is 10.3. The molecule has 0 unspecified atom stereocenters. The molecule has 3 heteroatoms. The van der Waals surface area contributed by atoms with E-state index in [0.29, 0.717) is 0 Å². The van der Waals surface area contributed by atoms with Gasteiger partial charge >= 0.3 is 5.97 Å². The van der Waals surface area contributed by atoms with E-state index in [1.165, 1.54) is 0 Å². The van der Waals surface area contributed by atoms with Gasteiger partial charge in [-0.2, -0.15) is 0 Å². The third kappa shape index (κ3) is 2.50. The third-order valence-corrected chi connectivity index (χ3v) is 3.64. The summed E-state index contributed by atoms with van der Waals surface area (Å²) in [5, 5.41) is 8.77. The number of carboxylic acids is 1. The van der Waals surface area contributed by atoms with Crippen molar-refractivity contribution >= 4 is 17.8 Å². The molecular weight excluding hydrogens is 228 g/mol. The van der Waals surface area contributed by atoms with E-state index in [0.717, 1.165) is 24.8 Å². The number of allylic oxidation sites excluding steroid dienone is 1. The van der Waals surface area contributed by atoms with E-state index in [-0.39, 0.29) is 16.8 Å². The van der Waals surface area contributed by atoms with E-state index in [1.807, 2.05) is 6.92 Å². The lowest BCUT2D eigenvalue weighted by atomic mass is 9.97. The second-order valence-electron chi connectivity index (χ2n) is 4.76. The molecule has 1 aromatic rings. The second kappa shape index (κ2) is 4.77. The van der Waals surface area contributed by atoms with Crippen LogP contribution in [-0.4, -0.2) is 16.9 Å². The van der Waals surface area contributed by atoms with Gasteiger partial charge < -0.3 is 5.11 Å². The van der Waals surface area contributed by atoms with E-state index in [9.17, 15) is 9.59 Å². The maximum absolute atomic E-state index is 11.9. The van der Waals surface area contributed by atoms with Crippen molar-refractivity contribution in [2.45, 2.75) is 26.2 Å². The Morgan fingerprint density at radius 1 is 1.28 bits per heavy atom. The lowest BCUT2D eigenvalue weighted by Crippen LogP contribution is -2.11. The van der Waals surface area contributed by atoms with Crippen LogP contribution in [0.15, 0.2) is 30.3 Å². The normalized spacial score (nSPS) is 16.7. The van der Waals surface area contributed by atoms with Gasteiger partial charge in [0.1, 0.15) is 0 Å². The van der Waals surface area contributed by atoms with Crippen molar-refractivity contribution in [1.82, 2.24) is 0 Å². The molecule has 1 N–H and O–H groups in total. The quantitative estimate of drug-likeness (QED) is 0.809. The van der Waals surface area contributed by atoms with Gasteiger partial charge in [-0.1, -0.05) is 25.1 Å². The highest BCUT2D eigenvalue weighted by Gasteiger charge is 2.46. The molecule has 0 heterocycles. The number of benzene rings is 1. The van der Waals surface area contributed by atoms with Crippen molar-refractivity contribution in [1.29, 1.82) is 0 Å². The standard InChI is InChI=1S/C15H16O3/c1-2-15(9-10-15)13(16)8-5-11-3-6-12(7-4-11)14(17)18/h3-8H,2,9-10H2,1H3,(H,17,18). The molecule has 1 saturated carbocycles. The van der Waals surface area contributed by atoms with Crippen molar-refractivity contribution in [2.75, 3.05) is 0 Å². The summed E-state index contributed by atoms with van der Waals surface area (Å²) < 4.78 is 0. The van der Waals surface area contributed by atoms with E-state index in [1.54, 1.807) is 36.4 Å². The number of ketones is 1. The molecule has 0 spiro atoms. The summed E-state index contributed by atoms with van der Waals surface area (Å²) in [6.45, 7) is 2.04. The van der Waals surface area contributed by atoms with Crippen LogP contribution in [0.4, 0.5) is 0 Å². The molecule has 0 aromatic heterocycles. The van der Waals surface area contributed by atoms with Gasteiger partial charge in [-0.05, 0) is 43.0 Å². The molecule has 0 atom stereocenters.